The highest BCUT2D eigenvalue weighted by atomic mass is 16.5. The summed E-state index contributed by atoms with van der Waals surface area (Å²) in [5.74, 6) is 6.84. The molecule has 1 fully saturated rings. The summed E-state index contributed by atoms with van der Waals surface area (Å²) < 4.78 is 5.66. The Bertz CT molecular complexity index is 902. The fourth-order valence-electron chi connectivity index (χ4n) is 5.53. The number of aliphatic hydroxyl groups excluding tert-OH is 1. The van der Waals surface area contributed by atoms with Crippen LogP contribution in [0.15, 0.2) is 23.2 Å². The third kappa shape index (κ3) is 2.63. The first-order valence-corrected chi connectivity index (χ1v) is 10.1. The number of amidine groups is 1. The van der Waals surface area contributed by atoms with Gasteiger partial charge in [-0.1, -0.05) is 38.7 Å². The summed E-state index contributed by atoms with van der Waals surface area (Å²) in [6.07, 6.45) is 2.66. The lowest BCUT2D eigenvalue weighted by Crippen LogP contribution is -2.60. The van der Waals surface area contributed by atoms with Gasteiger partial charge in [-0.3, -0.25) is 0 Å². The molecule has 4 atom stereocenters. The van der Waals surface area contributed by atoms with Gasteiger partial charge in [0.1, 0.15) is 21.2 Å². The van der Waals surface area contributed by atoms with Gasteiger partial charge in [0, 0.05) is 16.9 Å². The summed E-state index contributed by atoms with van der Waals surface area (Å²) in [4.78, 5) is 4.78. The van der Waals surface area contributed by atoms with E-state index in [0.29, 0.717) is 6.42 Å². The van der Waals surface area contributed by atoms with Crippen molar-refractivity contribution in [2.24, 2.45) is 28.0 Å². The maximum Gasteiger partial charge on any atom is 0.281 e. The van der Waals surface area contributed by atoms with Crippen LogP contribution in [0.25, 0.3) is 0 Å². The summed E-state index contributed by atoms with van der Waals surface area (Å²) in [7, 11) is 13.1. The Morgan fingerprint density at radius 2 is 2.11 bits per heavy atom. The number of aliphatic hydroxyl groups is 1. The predicted molar refractivity (Wildman–Crippen MR) is 112 cm³/mol. The van der Waals surface area contributed by atoms with Crippen molar-refractivity contribution in [2.45, 2.75) is 63.5 Å². The first-order valence-electron chi connectivity index (χ1n) is 10.1. The number of rotatable bonds is 0. The van der Waals surface area contributed by atoms with Crippen LogP contribution in [-0.4, -0.2) is 38.3 Å². The Labute approximate surface area is 170 Å². The van der Waals surface area contributed by atoms with Crippen LogP contribution in [-0.2, 0) is 16.7 Å². The van der Waals surface area contributed by atoms with Gasteiger partial charge >= 0.3 is 0 Å². The van der Waals surface area contributed by atoms with Crippen molar-refractivity contribution in [3.8, 4) is 11.8 Å². The molecule has 1 heterocycles. The number of nitrogens with zero attached hydrogens (tertiary/aromatic N) is 1. The van der Waals surface area contributed by atoms with E-state index in [-0.39, 0.29) is 29.4 Å². The van der Waals surface area contributed by atoms with E-state index in [1.807, 2.05) is 6.07 Å². The van der Waals surface area contributed by atoms with Crippen LogP contribution < -0.4 is 5.73 Å². The van der Waals surface area contributed by atoms with Crippen molar-refractivity contribution < 1.29 is 9.84 Å². The van der Waals surface area contributed by atoms with Gasteiger partial charge in [-0.25, -0.2) is 4.99 Å². The topological polar surface area (TPSA) is 67.8 Å². The van der Waals surface area contributed by atoms with Crippen LogP contribution >= 0.6 is 0 Å². The Balaban J connectivity index is 1.91. The van der Waals surface area contributed by atoms with E-state index < -0.39 is 10.9 Å². The molecule has 0 unspecified atom stereocenters. The molecule has 3 aliphatic rings. The van der Waals surface area contributed by atoms with Crippen molar-refractivity contribution >= 4 is 21.7 Å². The Morgan fingerprint density at radius 3 is 2.71 bits per heavy atom. The molecule has 1 aromatic carbocycles. The maximum absolute atomic E-state index is 10.3. The zero-order chi connectivity index (χ0) is 20.3. The van der Waals surface area contributed by atoms with Gasteiger partial charge in [0.15, 0.2) is 0 Å². The molecule has 142 valence electrons. The SMILES string of the molecule is [B]C1([B])OC(N)=N[C@]12c1cc(C#CC(C)C)ccc1C[C@@]21CC[C@H](O)[C@@H](C)C1. The van der Waals surface area contributed by atoms with Gasteiger partial charge in [0.25, 0.3) is 6.02 Å². The Hall–Kier alpha value is -1.86. The fraction of sp³-hybridized carbons (Fsp3) is 0.591. The molecule has 4 radical (unpaired) electrons. The van der Waals surface area contributed by atoms with Gasteiger partial charge in [0.2, 0.25) is 0 Å². The molecule has 3 N–H and O–H groups in total. The lowest BCUT2D eigenvalue weighted by atomic mass is 9.44. The minimum atomic E-state index is -1.55. The van der Waals surface area contributed by atoms with E-state index in [1.54, 1.807) is 0 Å². The van der Waals surface area contributed by atoms with Crippen LogP contribution in [0.1, 0.15) is 56.7 Å². The summed E-state index contributed by atoms with van der Waals surface area (Å²) >= 11 is 0. The highest BCUT2D eigenvalue weighted by molar-refractivity contribution is 6.41. The minimum absolute atomic E-state index is 0.0228. The number of ether oxygens (including phenoxy) is 1. The normalized spacial score (nSPS) is 35.4. The van der Waals surface area contributed by atoms with Crippen LogP contribution in [0.2, 0.25) is 0 Å². The first-order chi connectivity index (χ1) is 13.1. The van der Waals surface area contributed by atoms with Crippen molar-refractivity contribution in [3.63, 3.8) is 0 Å². The van der Waals surface area contributed by atoms with Crippen LogP contribution in [0.3, 0.4) is 0 Å². The molecule has 0 saturated heterocycles. The number of nitrogens with two attached hydrogens (primary N) is 1. The number of hydrogen-bond donors (Lipinski definition) is 2. The number of hydrogen-bond acceptors (Lipinski definition) is 4. The average molecular weight is 372 g/mol. The minimum Gasteiger partial charge on any atom is -0.476 e. The predicted octanol–water partition coefficient (Wildman–Crippen LogP) is 1.95. The van der Waals surface area contributed by atoms with Crippen LogP contribution in [0, 0.1) is 29.1 Å². The molecular formula is C22H26B2N2O2. The molecule has 1 aromatic rings. The monoisotopic (exact) mass is 372 g/mol. The molecule has 1 aliphatic heterocycles. The van der Waals surface area contributed by atoms with Crippen LogP contribution in [0.4, 0.5) is 0 Å². The average Bonchev–Trinajstić information content (AvgIpc) is 3.01. The lowest BCUT2D eigenvalue weighted by Gasteiger charge is -2.53. The number of aliphatic imine (C=N–C) groups is 1. The summed E-state index contributed by atoms with van der Waals surface area (Å²) in [6, 6.07) is 6.22. The third-order valence-corrected chi connectivity index (χ3v) is 6.71. The first kappa shape index (κ1) is 19.5. The Morgan fingerprint density at radius 1 is 1.36 bits per heavy atom. The van der Waals surface area contributed by atoms with Gasteiger partial charge in [-0.2, -0.15) is 0 Å². The Kier molecular flexibility index (Phi) is 4.39. The molecule has 2 spiro atoms. The quantitative estimate of drug-likeness (QED) is 0.541. The van der Waals surface area contributed by atoms with E-state index in [0.717, 1.165) is 36.0 Å². The van der Waals surface area contributed by atoms with E-state index in [1.165, 1.54) is 0 Å². The molecule has 4 rings (SSSR count). The largest absolute Gasteiger partial charge is 0.476 e. The van der Waals surface area contributed by atoms with Gasteiger partial charge in [-0.15, -0.1) is 0 Å². The van der Waals surface area contributed by atoms with Crippen LogP contribution in [0.5, 0.6) is 0 Å². The zero-order valence-electron chi connectivity index (χ0n) is 16.8. The zero-order valence-corrected chi connectivity index (χ0v) is 16.8. The molecule has 0 amide bonds. The molecule has 0 aromatic heterocycles. The maximum atomic E-state index is 10.3. The van der Waals surface area contributed by atoms with Gasteiger partial charge in [-0.05, 0) is 54.9 Å². The van der Waals surface area contributed by atoms with Crippen molar-refractivity contribution in [3.05, 3.63) is 34.9 Å². The van der Waals surface area contributed by atoms with Gasteiger partial charge in [0.05, 0.1) is 11.5 Å². The molecule has 0 bridgehead atoms. The fourth-order valence-corrected chi connectivity index (χ4v) is 5.53. The summed E-state index contributed by atoms with van der Waals surface area (Å²) in [5, 5.41) is 8.80. The van der Waals surface area contributed by atoms with E-state index >= 15 is 0 Å². The molecule has 6 heteroatoms. The molecular weight excluding hydrogens is 346 g/mol. The molecule has 2 aliphatic carbocycles. The van der Waals surface area contributed by atoms with Crippen molar-refractivity contribution in [1.82, 2.24) is 0 Å². The van der Waals surface area contributed by atoms with E-state index in [2.05, 4.69) is 44.7 Å². The van der Waals surface area contributed by atoms with Crippen molar-refractivity contribution in [1.29, 1.82) is 0 Å². The second kappa shape index (κ2) is 6.32. The standard InChI is InChI=1S/C22H26B2N2O2/c1-13(2)4-5-15-6-7-16-12-20(9-8-18(27)14(3)11-20)21(17(16)10-15)22(23,24)28-19(25)26-21/h6-7,10,13-14,18,27H,8-9,11-12H2,1-3H3,(H2,25,26)/t14-,18-,20-,21-/m0/s1. The smallest absolute Gasteiger partial charge is 0.281 e. The molecule has 4 nitrogen and oxygen atoms in total. The second-order valence-corrected chi connectivity index (χ2v) is 9.10. The van der Waals surface area contributed by atoms with Gasteiger partial charge < -0.3 is 15.6 Å². The molecule has 1 saturated carbocycles. The van der Waals surface area contributed by atoms with E-state index in [4.69, 9.17) is 31.2 Å². The lowest BCUT2D eigenvalue weighted by molar-refractivity contribution is -0.0406. The van der Waals surface area contributed by atoms with Crippen molar-refractivity contribution in [2.75, 3.05) is 0 Å². The highest BCUT2D eigenvalue weighted by Crippen LogP contribution is 2.65. The number of fused-ring (bicyclic) bond motifs is 3. The summed E-state index contributed by atoms with van der Waals surface area (Å²) in [6.45, 7) is 6.19. The highest BCUT2D eigenvalue weighted by Gasteiger charge is 2.68. The number of benzene rings is 1. The second-order valence-electron chi connectivity index (χ2n) is 9.10. The van der Waals surface area contributed by atoms with E-state index in [9.17, 15) is 5.11 Å². The third-order valence-electron chi connectivity index (χ3n) is 6.71. The summed E-state index contributed by atoms with van der Waals surface area (Å²) in [5.41, 5.74) is 7.69. The molecule has 28 heavy (non-hydrogen) atoms.